The Hall–Kier alpha value is -2.97. The third-order valence-corrected chi connectivity index (χ3v) is 4.69. The highest BCUT2D eigenvalue weighted by molar-refractivity contribution is 5.76. The van der Waals surface area contributed by atoms with Crippen molar-refractivity contribution in [2.75, 3.05) is 20.2 Å². The summed E-state index contributed by atoms with van der Waals surface area (Å²) in [5.41, 5.74) is 1.08. The average Bonchev–Trinajstić information content (AvgIpc) is 2.69. The molecule has 0 spiro atoms. The number of carbonyl (C=O) groups excluding carboxylic acids is 1. The topological polar surface area (TPSA) is 99.4 Å². The minimum absolute atomic E-state index is 0.00157. The summed E-state index contributed by atoms with van der Waals surface area (Å²) in [5, 5.41) is 0. The molecule has 0 radical (unpaired) electrons. The molecule has 27 heavy (non-hydrogen) atoms. The summed E-state index contributed by atoms with van der Waals surface area (Å²) in [5.74, 6) is 0.365. The third kappa shape index (κ3) is 4.42. The molecular formula is C18H23N5O4. The smallest absolute Gasteiger partial charge is 0.319 e. The zero-order valence-electron chi connectivity index (χ0n) is 15.7. The van der Waals surface area contributed by atoms with E-state index in [1.54, 1.807) is 31.0 Å². The van der Waals surface area contributed by atoms with Gasteiger partial charge < -0.3 is 14.4 Å². The maximum Gasteiger partial charge on any atom is 0.319 e. The van der Waals surface area contributed by atoms with Crippen molar-refractivity contribution in [2.45, 2.75) is 39.3 Å². The maximum absolute atomic E-state index is 12.5. The van der Waals surface area contributed by atoms with E-state index in [0.717, 1.165) is 0 Å². The molecule has 2 aromatic rings. The Morgan fingerprint density at radius 3 is 2.70 bits per heavy atom. The molecule has 1 aliphatic rings. The van der Waals surface area contributed by atoms with Gasteiger partial charge in [-0.3, -0.25) is 14.2 Å². The second-order valence-electron chi connectivity index (χ2n) is 6.47. The van der Waals surface area contributed by atoms with Gasteiger partial charge >= 0.3 is 6.01 Å². The molecule has 3 heterocycles. The summed E-state index contributed by atoms with van der Waals surface area (Å²) in [4.78, 5) is 38.7. The molecule has 2 aromatic heterocycles. The van der Waals surface area contributed by atoms with Gasteiger partial charge in [0.15, 0.2) is 0 Å². The van der Waals surface area contributed by atoms with Gasteiger partial charge in [0.25, 0.3) is 5.56 Å². The minimum atomic E-state index is -0.174. The van der Waals surface area contributed by atoms with Crippen molar-refractivity contribution in [2.24, 2.45) is 0 Å². The first kappa shape index (κ1) is 18.8. The third-order valence-electron chi connectivity index (χ3n) is 4.69. The van der Waals surface area contributed by atoms with Crippen LogP contribution in [0.4, 0.5) is 0 Å². The van der Waals surface area contributed by atoms with E-state index in [-0.39, 0.29) is 30.1 Å². The second kappa shape index (κ2) is 8.15. The zero-order chi connectivity index (χ0) is 19.4. The lowest BCUT2D eigenvalue weighted by molar-refractivity contribution is -0.133. The number of ether oxygens (including phenoxy) is 2. The van der Waals surface area contributed by atoms with E-state index < -0.39 is 0 Å². The quantitative estimate of drug-likeness (QED) is 0.762. The highest BCUT2D eigenvalue weighted by Gasteiger charge is 2.24. The van der Waals surface area contributed by atoms with Crippen LogP contribution in [0.5, 0.6) is 11.9 Å². The lowest BCUT2D eigenvalue weighted by Crippen LogP contribution is -2.44. The molecule has 0 unspecified atom stereocenters. The SMILES string of the molecule is COc1nccc(OC2CCN(C(=O)Cn3cnc(C)c(C)c3=O)CC2)n1. The number of amides is 1. The molecule has 0 aliphatic carbocycles. The Labute approximate surface area is 157 Å². The van der Waals surface area contributed by atoms with Crippen molar-refractivity contribution < 1.29 is 14.3 Å². The van der Waals surface area contributed by atoms with Gasteiger partial charge in [-0.2, -0.15) is 4.98 Å². The summed E-state index contributed by atoms with van der Waals surface area (Å²) in [6.07, 6.45) is 4.37. The molecular weight excluding hydrogens is 350 g/mol. The van der Waals surface area contributed by atoms with Gasteiger partial charge in [0.1, 0.15) is 12.6 Å². The van der Waals surface area contributed by atoms with Gasteiger partial charge in [-0.1, -0.05) is 0 Å². The average molecular weight is 373 g/mol. The van der Waals surface area contributed by atoms with Crippen molar-refractivity contribution in [3.63, 3.8) is 0 Å². The normalized spacial score (nSPS) is 14.9. The fourth-order valence-corrected chi connectivity index (χ4v) is 2.92. The number of piperidine rings is 1. The largest absolute Gasteiger partial charge is 0.474 e. The van der Waals surface area contributed by atoms with Crippen LogP contribution < -0.4 is 15.0 Å². The van der Waals surface area contributed by atoms with E-state index in [2.05, 4.69) is 15.0 Å². The fourth-order valence-electron chi connectivity index (χ4n) is 2.92. The molecule has 1 saturated heterocycles. The zero-order valence-corrected chi connectivity index (χ0v) is 15.7. The number of hydrogen-bond donors (Lipinski definition) is 0. The lowest BCUT2D eigenvalue weighted by Gasteiger charge is -2.32. The van der Waals surface area contributed by atoms with E-state index in [0.29, 0.717) is 43.1 Å². The standard InChI is InChI=1S/C18H23N5O4/c1-12-13(2)20-11-23(17(12)25)10-16(24)22-8-5-14(6-9-22)27-15-4-7-19-18(21-15)26-3/h4,7,11,14H,5-6,8-10H2,1-3H3. The number of nitrogens with zero attached hydrogens (tertiary/aromatic N) is 5. The maximum atomic E-state index is 12.5. The Balaban J connectivity index is 1.55. The predicted molar refractivity (Wildman–Crippen MR) is 96.8 cm³/mol. The van der Waals surface area contributed by atoms with Crippen molar-refractivity contribution in [1.82, 2.24) is 24.4 Å². The predicted octanol–water partition coefficient (Wildman–Crippen LogP) is 0.729. The molecule has 3 rings (SSSR count). The van der Waals surface area contributed by atoms with Crippen LogP contribution in [0.2, 0.25) is 0 Å². The molecule has 9 nitrogen and oxygen atoms in total. The van der Waals surface area contributed by atoms with Gasteiger partial charge in [0.2, 0.25) is 11.8 Å². The van der Waals surface area contributed by atoms with Crippen molar-refractivity contribution in [1.29, 1.82) is 0 Å². The Morgan fingerprint density at radius 1 is 1.26 bits per heavy atom. The summed E-state index contributed by atoms with van der Waals surface area (Å²) in [6, 6.07) is 1.94. The monoisotopic (exact) mass is 373 g/mol. The number of aromatic nitrogens is 4. The first-order chi connectivity index (χ1) is 13.0. The lowest BCUT2D eigenvalue weighted by atomic mass is 10.1. The molecule has 0 N–H and O–H groups in total. The van der Waals surface area contributed by atoms with Crippen molar-refractivity contribution >= 4 is 5.91 Å². The number of aryl methyl sites for hydroxylation is 1. The summed E-state index contributed by atoms with van der Waals surface area (Å²) in [7, 11) is 1.50. The molecule has 0 saturated carbocycles. The van der Waals surface area contributed by atoms with Crippen LogP contribution in [0.15, 0.2) is 23.4 Å². The van der Waals surface area contributed by atoms with E-state index in [1.165, 1.54) is 18.0 Å². The first-order valence-corrected chi connectivity index (χ1v) is 8.82. The number of likely N-dealkylation sites (tertiary alicyclic amines) is 1. The Morgan fingerprint density at radius 2 is 2.00 bits per heavy atom. The van der Waals surface area contributed by atoms with Crippen LogP contribution in [-0.4, -0.2) is 56.6 Å². The molecule has 1 fully saturated rings. The van der Waals surface area contributed by atoms with Crippen LogP contribution in [0, 0.1) is 13.8 Å². The van der Waals surface area contributed by atoms with Crippen molar-refractivity contribution in [3.8, 4) is 11.9 Å². The van der Waals surface area contributed by atoms with Gasteiger partial charge in [0.05, 0.1) is 13.4 Å². The first-order valence-electron chi connectivity index (χ1n) is 8.82. The summed E-state index contributed by atoms with van der Waals surface area (Å²) < 4.78 is 12.2. The number of rotatable bonds is 5. The molecule has 0 aromatic carbocycles. The van der Waals surface area contributed by atoms with Crippen LogP contribution in [-0.2, 0) is 11.3 Å². The molecule has 0 atom stereocenters. The summed E-state index contributed by atoms with van der Waals surface area (Å²) >= 11 is 0. The van der Waals surface area contributed by atoms with Gasteiger partial charge in [-0.05, 0) is 13.8 Å². The minimum Gasteiger partial charge on any atom is -0.474 e. The van der Waals surface area contributed by atoms with Crippen LogP contribution in [0.1, 0.15) is 24.1 Å². The fraction of sp³-hybridized carbons (Fsp3) is 0.500. The highest BCUT2D eigenvalue weighted by atomic mass is 16.5. The number of carbonyl (C=O) groups is 1. The molecule has 1 amide bonds. The van der Waals surface area contributed by atoms with E-state index in [1.807, 2.05) is 0 Å². The Bertz CT molecular complexity index is 874. The van der Waals surface area contributed by atoms with Crippen LogP contribution in [0.25, 0.3) is 0 Å². The van der Waals surface area contributed by atoms with Gasteiger partial charge in [-0.25, -0.2) is 9.97 Å². The van der Waals surface area contributed by atoms with E-state index in [4.69, 9.17) is 9.47 Å². The van der Waals surface area contributed by atoms with Crippen molar-refractivity contribution in [3.05, 3.63) is 40.2 Å². The molecule has 144 valence electrons. The second-order valence-corrected chi connectivity index (χ2v) is 6.47. The molecule has 0 bridgehead atoms. The number of methoxy groups -OCH3 is 1. The number of hydrogen-bond acceptors (Lipinski definition) is 7. The molecule has 9 heteroatoms. The van der Waals surface area contributed by atoms with Crippen LogP contribution in [0.3, 0.4) is 0 Å². The summed E-state index contributed by atoms with van der Waals surface area (Å²) in [6.45, 7) is 4.64. The Kier molecular flexibility index (Phi) is 5.68. The highest BCUT2D eigenvalue weighted by Crippen LogP contribution is 2.18. The van der Waals surface area contributed by atoms with E-state index in [9.17, 15) is 9.59 Å². The van der Waals surface area contributed by atoms with Gasteiger partial charge in [0, 0.05) is 49.5 Å². The van der Waals surface area contributed by atoms with E-state index >= 15 is 0 Å². The van der Waals surface area contributed by atoms with Crippen LogP contribution >= 0.6 is 0 Å². The van der Waals surface area contributed by atoms with Gasteiger partial charge in [-0.15, -0.1) is 0 Å². The molecule has 1 aliphatic heterocycles.